The van der Waals surface area contributed by atoms with Crippen LogP contribution in [0.2, 0.25) is 10.0 Å². The second-order valence-electron chi connectivity index (χ2n) is 4.33. The molecule has 1 rings (SSSR count). The average Bonchev–Trinajstić information content (AvgIpc) is 2.34. The van der Waals surface area contributed by atoms with Crippen molar-refractivity contribution in [1.29, 1.82) is 0 Å². The average molecular weight is 342 g/mol. The quantitative estimate of drug-likeness (QED) is 0.865. The monoisotopic (exact) mass is 340 g/mol. The molecule has 1 aromatic rings. The molecule has 0 saturated carbocycles. The van der Waals surface area contributed by atoms with Gasteiger partial charge >= 0.3 is 0 Å². The Morgan fingerprint density at radius 3 is 2.35 bits per heavy atom. The summed E-state index contributed by atoms with van der Waals surface area (Å²) < 4.78 is 5.09. The van der Waals surface area contributed by atoms with E-state index in [4.69, 9.17) is 33.7 Å². The lowest BCUT2D eigenvalue weighted by molar-refractivity contribution is -0.132. The summed E-state index contributed by atoms with van der Waals surface area (Å²) in [6, 6.07) is 5.23. The summed E-state index contributed by atoms with van der Waals surface area (Å²) in [4.78, 5) is 13.6. The van der Waals surface area contributed by atoms with E-state index in [0.717, 1.165) is 5.56 Å². The molecule has 0 aromatic heterocycles. The van der Waals surface area contributed by atoms with Crippen molar-refractivity contribution in [3.63, 3.8) is 0 Å². The topological polar surface area (TPSA) is 55.6 Å². The number of benzene rings is 1. The second-order valence-corrected chi connectivity index (χ2v) is 5.20. The van der Waals surface area contributed by atoms with Crippen molar-refractivity contribution in [2.24, 2.45) is 5.73 Å². The van der Waals surface area contributed by atoms with E-state index in [1.54, 1.807) is 37.3 Å². The molecule has 1 aromatic carbocycles. The van der Waals surface area contributed by atoms with Crippen LogP contribution in [0.3, 0.4) is 0 Å². The minimum atomic E-state index is -0.252. The summed E-state index contributed by atoms with van der Waals surface area (Å²) >= 11 is 11.8. The van der Waals surface area contributed by atoms with Crippen LogP contribution in [0, 0.1) is 0 Å². The van der Waals surface area contributed by atoms with Gasteiger partial charge in [-0.2, -0.15) is 0 Å². The highest BCUT2D eigenvalue weighted by Crippen LogP contribution is 2.20. The van der Waals surface area contributed by atoms with Gasteiger partial charge < -0.3 is 15.4 Å². The number of amides is 1. The van der Waals surface area contributed by atoms with Gasteiger partial charge in [0.05, 0.1) is 12.5 Å². The van der Waals surface area contributed by atoms with Crippen molar-refractivity contribution in [3.05, 3.63) is 33.8 Å². The van der Waals surface area contributed by atoms with Crippen LogP contribution in [-0.2, 0) is 16.1 Å². The van der Waals surface area contributed by atoms with Crippen LogP contribution in [0.25, 0.3) is 0 Å². The van der Waals surface area contributed by atoms with E-state index in [1.165, 1.54) is 0 Å². The molecule has 20 heavy (non-hydrogen) atoms. The number of methoxy groups -OCH3 is 1. The zero-order chi connectivity index (χ0) is 14.4. The molecule has 1 unspecified atom stereocenters. The third-order valence-electron chi connectivity index (χ3n) is 2.77. The molecule has 0 aliphatic carbocycles. The first kappa shape index (κ1) is 19.5. The fourth-order valence-corrected chi connectivity index (χ4v) is 2.25. The second kappa shape index (κ2) is 9.42. The molecule has 0 aliphatic heterocycles. The maximum absolute atomic E-state index is 12.0. The van der Waals surface area contributed by atoms with Crippen LogP contribution in [0.5, 0.6) is 0 Å². The lowest BCUT2D eigenvalue weighted by Crippen LogP contribution is -2.33. The highest BCUT2D eigenvalue weighted by atomic mass is 35.5. The Balaban J connectivity index is 0.00000361. The van der Waals surface area contributed by atoms with Gasteiger partial charge in [0.25, 0.3) is 0 Å². The Hall–Kier alpha value is -0.520. The first-order chi connectivity index (χ1) is 8.96. The number of halogens is 3. The van der Waals surface area contributed by atoms with Gasteiger partial charge in [-0.1, -0.05) is 23.2 Å². The summed E-state index contributed by atoms with van der Waals surface area (Å²) in [6.45, 7) is 0.763. The van der Waals surface area contributed by atoms with Gasteiger partial charge in [-0.25, -0.2) is 0 Å². The van der Waals surface area contributed by atoms with Gasteiger partial charge in [-0.05, 0) is 23.8 Å². The van der Waals surface area contributed by atoms with Gasteiger partial charge in [0.1, 0.15) is 0 Å². The maximum atomic E-state index is 12.0. The lowest BCUT2D eigenvalue weighted by Gasteiger charge is -2.20. The van der Waals surface area contributed by atoms with Crippen molar-refractivity contribution in [1.82, 2.24) is 4.90 Å². The smallest absolute Gasteiger partial charge is 0.225 e. The molecule has 2 N–H and O–H groups in total. The Morgan fingerprint density at radius 1 is 1.35 bits per heavy atom. The van der Waals surface area contributed by atoms with Gasteiger partial charge in [0.15, 0.2) is 0 Å². The molecule has 7 heteroatoms. The maximum Gasteiger partial charge on any atom is 0.225 e. The molecule has 1 atom stereocenters. The first-order valence-corrected chi connectivity index (χ1v) is 6.63. The third-order valence-corrected chi connectivity index (χ3v) is 3.20. The van der Waals surface area contributed by atoms with Gasteiger partial charge in [-0.15, -0.1) is 12.4 Å². The number of hydrogen-bond donors (Lipinski definition) is 1. The van der Waals surface area contributed by atoms with Crippen LogP contribution in [0.15, 0.2) is 18.2 Å². The highest BCUT2D eigenvalue weighted by Gasteiger charge is 2.15. The zero-order valence-corrected chi connectivity index (χ0v) is 13.8. The Kier molecular flexibility index (Phi) is 9.18. The molecule has 0 fully saturated rings. The van der Waals surface area contributed by atoms with E-state index >= 15 is 0 Å². The molecule has 1 amide bonds. The number of nitrogens with zero attached hydrogens (tertiary/aromatic N) is 1. The fraction of sp³-hybridized carbons (Fsp3) is 0.462. The summed E-state index contributed by atoms with van der Waals surface area (Å²) in [7, 11) is 3.27. The van der Waals surface area contributed by atoms with Crippen LogP contribution in [-0.4, -0.2) is 37.6 Å². The largest absolute Gasteiger partial charge is 0.380 e. The zero-order valence-electron chi connectivity index (χ0n) is 11.4. The number of hydrogen-bond acceptors (Lipinski definition) is 3. The van der Waals surface area contributed by atoms with Crippen molar-refractivity contribution >= 4 is 41.5 Å². The summed E-state index contributed by atoms with van der Waals surface area (Å²) in [5.74, 6) is -0.0339. The van der Waals surface area contributed by atoms with Gasteiger partial charge in [-0.3, -0.25) is 4.79 Å². The molecule has 0 radical (unpaired) electrons. The minimum absolute atomic E-state index is 0. The fourth-order valence-electron chi connectivity index (χ4n) is 1.68. The summed E-state index contributed by atoms with van der Waals surface area (Å²) in [6.07, 6.45) is 0.00976. The van der Waals surface area contributed by atoms with E-state index in [0.29, 0.717) is 23.1 Å². The lowest BCUT2D eigenvalue weighted by atomic mass is 10.2. The van der Waals surface area contributed by atoms with Crippen LogP contribution < -0.4 is 5.73 Å². The molecular formula is C13H19Cl3N2O2. The standard InChI is InChI=1S/C13H18Cl2N2O2.ClH/c1-17(13(18)6-12(7-16)19-2)8-9-3-10(14)5-11(15)4-9;/h3-5,12H,6-8,16H2,1-2H3;1H. The Morgan fingerprint density at radius 2 is 1.90 bits per heavy atom. The number of carbonyl (C=O) groups is 1. The minimum Gasteiger partial charge on any atom is -0.380 e. The highest BCUT2D eigenvalue weighted by molar-refractivity contribution is 6.34. The number of nitrogens with two attached hydrogens (primary N) is 1. The molecular weight excluding hydrogens is 323 g/mol. The number of rotatable bonds is 6. The molecule has 0 heterocycles. The summed E-state index contributed by atoms with van der Waals surface area (Å²) in [5.41, 5.74) is 6.38. The van der Waals surface area contributed by atoms with Crippen molar-refractivity contribution in [2.45, 2.75) is 19.1 Å². The number of carbonyl (C=O) groups excluding carboxylic acids is 1. The van der Waals surface area contributed by atoms with Crippen LogP contribution in [0.1, 0.15) is 12.0 Å². The normalized spacial score (nSPS) is 11.7. The van der Waals surface area contributed by atoms with Crippen molar-refractivity contribution < 1.29 is 9.53 Å². The molecule has 114 valence electrons. The van der Waals surface area contributed by atoms with Crippen molar-refractivity contribution in [2.75, 3.05) is 20.7 Å². The molecule has 0 saturated heterocycles. The molecule has 4 nitrogen and oxygen atoms in total. The van der Waals surface area contributed by atoms with Gasteiger partial charge in [0, 0.05) is 37.3 Å². The summed E-state index contributed by atoms with van der Waals surface area (Å²) in [5, 5.41) is 1.11. The van der Waals surface area contributed by atoms with E-state index in [9.17, 15) is 4.79 Å². The molecule has 0 aliphatic rings. The predicted octanol–water partition coefficient (Wildman–Crippen LogP) is 2.74. The third kappa shape index (κ3) is 6.29. The van der Waals surface area contributed by atoms with E-state index in [1.807, 2.05) is 0 Å². The van der Waals surface area contributed by atoms with E-state index in [-0.39, 0.29) is 30.8 Å². The predicted molar refractivity (Wildman–Crippen MR) is 84.7 cm³/mol. The first-order valence-electron chi connectivity index (χ1n) is 5.88. The van der Waals surface area contributed by atoms with Gasteiger partial charge in [0.2, 0.25) is 5.91 Å². The number of ether oxygens (including phenoxy) is 1. The van der Waals surface area contributed by atoms with E-state index in [2.05, 4.69) is 0 Å². The van der Waals surface area contributed by atoms with Crippen LogP contribution in [0.4, 0.5) is 0 Å². The molecule has 0 spiro atoms. The molecule has 0 bridgehead atoms. The van der Waals surface area contributed by atoms with Crippen LogP contribution >= 0.6 is 35.6 Å². The Bertz CT molecular complexity index is 419. The van der Waals surface area contributed by atoms with E-state index < -0.39 is 0 Å². The Labute approximate surface area is 135 Å². The SMILES string of the molecule is COC(CN)CC(=O)N(C)Cc1cc(Cl)cc(Cl)c1.Cl. The van der Waals surface area contributed by atoms with Crippen molar-refractivity contribution in [3.8, 4) is 0 Å².